The molecule has 0 atom stereocenters. The summed E-state index contributed by atoms with van der Waals surface area (Å²) >= 11 is 0. The van der Waals surface area contributed by atoms with E-state index in [1.807, 2.05) is 28.9 Å². The molecule has 0 fully saturated rings. The number of pyridine rings is 1. The van der Waals surface area contributed by atoms with Crippen molar-refractivity contribution in [2.45, 2.75) is 13.8 Å². The molecule has 3 heteroatoms. The van der Waals surface area contributed by atoms with Crippen molar-refractivity contribution in [2.75, 3.05) is 5.73 Å². The molecule has 0 bridgehead atoms. The van der Waals surface area contributed by atoms with Crippen molar-refractivity contribution in [2.24, 2.45) is 0 Å². The first kappa shape index (κ1) is 10.8. The quantitative estimate of drug-likeness (QED) is 0.706. The fourth-order valence-electron chi connectivity index (χ4n) is 2.05. The molecule has 3 rings (SSSR count). The molecule has 0 aliphatic heterocycles. The number of hydrogen-bond donors (Lipinski definition) is 1. The van der Waals surface area contributed by atoms with Gasteiger partial charge in [0.2, 0.25) is 0 Å². The van der Waals surface area contributed by atoms with Gasteiger partial charge in [-0.15, -0.1) is 0 Å². The van der Waals surface area contributed by atoms with Crippen LogP contribution in [0.2, 0.25) is 0 Å². The van der Waals surface area contributed by atoms with Crippen LogP contribution in [0, 0.1) is 13.8 Å². The van der Waals surface area contributed by atoms with Crippen LogP contribution in [0.3, 0.4) is 0 Å². The molecule has 3 nitrogen and oxygen atoms in total. The third kappa shape index (κ3) is 1.74. The van der Waals surface area contributed by atoms with Crippen LogP contribution < -0.4 is 5.73 Å². The number of fused-ring (bicyclic) bond motifs is 1. The maximum Gasteiger partial charge on any atom is 0.137 e. The van der Waals surface area contributed by atoms with E-state index in [4.69, 9.17) is 5.73 Å². The van der Waals surface area contributed by atoms with Gasteiger partial charge in [0.15, 0.2) is 0 Å². The summed E-state index contributed by atoms with van der Waals surface area (Å²) < 4.78 is 1.96. The summed E-state index contributed by atoms with van der Waals surface area (Å²) in [6, 6.07) is 10.2. The van der Waals surface area contributed by atoms with Gasteiger partial charge in [0, 0.05) is 23.6 Å². The van der Waals surface area contributed by atoms with Crippen molar-refractivity contribution in [1.29, 1.82) is 0 Å². The van der Waals surface area contributed by atoms with Crippen LogP contribution in [0.1, 0.15) is 11.1 Å². The van der Waals surface area contributed by atoms with E-state index < -0.39 is 0 Å². The minimum absolute atomic E-state index is 0.742. The smallest absolute Gasteiger partial charge is 0.137 e. The molecule has 90 valence electrons. The molecule has 2 N–H and O–H groups in total. The molecule has 0 amide bonds. The van der Waals surface area contributed by atoms with Crippen molar-refractivity contribution in [3.8, 4) is 11.3 Å². The Morgan fingerprint density at radius 2 is 1.83 bits per heavy atom. The Kier molecular flexibility index (Phi) is 2.33. The maximum atomic E-state index is 5.77. The van der Waals surface area contributed by atoms with Crippen molar-refractivity contribution in [3.05, 3.63) is 53.9 Å². The van der Waals surface area contributed by atoms with Gasteiger partial charge in [0.25, 0.3) is 0 Å². The fraction of sp³-hybridized carbons (Fsp3) is 0.133. The summed E-state index contributed by atoms with van der Waals surface area (Å²) in [6.07, 6.45) is 3.89. The zero-order chi connectivity index (χ0) is 12.7. The first-order valence-corrected chi connectivity index (χ1v) is 5.95. The van der Waals surface area contributed by atoms with Gasteiger partial charge in [-0.1, -0.05) is 12.1 Å². The molecule has 1 aromatic carbocycles. The number of aryl methyl sites for hydroxylation is 2. The molecule has 0 saturated heterocycles. The first-order valence-electron chi connectivity index (χ1n) is 5.95. The lowest BCUT2D eigenvalue weighted by atomic mass is 10.1. The number of imidazole rings is 1. The SMILES string of the molecule is Cc1ccc(-c2cn3cc(N)ccc3n2)cc1C. The number of nitrogens with zero attached hydrogens (tertiary/aromatic N) is 2. The largest absolute Gasteiger partial charge is 0.398 e. The highest BCUT2D eigenvalue weighted by atomic mass is 15.0. The Bertz CT molecular complexity index is 726. The zero-order valence-electron chi connectivity index (χ0n) is 10.5. The highest BCUT2D eigenvalue weighted by Gasteiger charge is 2.05. The number of hydrogen-bond acceptors (Lipinski definition) is 2. The van der Waals surface area contributed by atoms with Gasteiger partial charge in [-0.05, 0) is 43.2 Å². The zero-order valence-corrected chi connectivity index (χ0v) is 10.5. The molecule has 0 spiro atoms. The molecule has 2 heterocycles. The molecule has 0 radical (unpaired) electrons. The lowest BCUT2D eigenvalue weighted by Crippen LogP contribution is -1.88. The van der Waals surface area contributed by atoms with Crippen molar-refractivity contribution in [3.63, 3.8) is 0 Å². The molecular formula is C15H15N3. The number of aromatic nitrogens is 2. The first-order chi connectivity index (χ1) is 8.63. The number of anilines is 1. The van der Waals surface area contributed by atoms with Gasteiger partial charge in [-0.2, -0.15) is 0 Å². The van der Waals surface area contributed by atoms with Crippen LogP contribution >= 0.6 is 0 Å². The van der Waals surface area contributed by atoms with Crippen molar-refractivity contribution < 1.29 is 0 Å². The average Bonchev–Trinajstić information content (AvgIpc) is 2.75. The lowest BCUT2D eigenvalue weighted by molar-refractivity contribution is 1.19. The van der Waals surface area contributed by atoms with E-state index in [1.54, 1.807) is 0 Å². The predicted octanol–water partition coefficient (Wildman–Crippen LogP) is 3.20. The van der Waals surface area contributed by atoms with E-state index in [-0.39, 0.29) is 0 Å². The molecule has 0 aliphatic rings. The van der Waals surface area contributed by atoms with Gasteiger partial charge in [0.05, 0.1) is 5.69 Å². The van der Waals surface area contributed by atoms with Crippen LogP contribution in [-0.2, 0) is 0 Å². The van der Waals surface area contributed by atoms with Crippen LogP contribution in [0.25, 0.3) is 16.9 Å². The van der Waals surface area contributed by atoms with Crippen LogP contribution in [0.15, 0.2) is 42.7 Å². The fourth-order valence-corrected chi connectivity index (χ4v) is 2.05. The standard InChI is InChI=1S/C15H15N3/c1-10-3-4-12(7-11(10)2)14-9-18-8-13(16)5-6-15(18)17-14/h3-9H,16H2,1-2H3. The van der Waals surface area contributed by atoms with E-state index in [0.29, 0.717) is 0 Å². The second-order valence-corrected chi connectivity index (χ2v) is 4.65. The second-order valence-electron chi connectivity index (χ2n) is 4.65. The molecule has 3 aromatic rings. The normalized spacial score (nSPS) is 11.0. The summed E-state index contributed by atoms with van der Waals surface area (Å²) in [5.41, 5.74) is 12.1. The summed E-state index contributed by atoms with van der Waals surface area (Å²) in [4.78, 5) is 4.60. The van der Waals surface area contributed by atoms with E-state index in [9.17, 15) is 0 Å². The second kappa shape index (κ2) is 3.88. The average molecular weight is 237 g/mol. The lowest BCUT2D eigenvalue weighted by Gasteiger charge is -2.01. The van der Waals surface area contributed by atoms with Gasteiger partial charge >= 0.3 is 0 Å². The Balaban J connectivity index is 2.16. The predicted molar refractivity (Wildman–Crippen MR) is 74.5 cm³/mol. The van der Waals surface area contributed by atoms with E-state index in [0.717, 1.165) is 22.6 Å². The summed E-state index contributed by atoms with van der Waals surface area (Å²) in [6.45, 7) is 4.23. The molecule has 0 unspecified atom stereocenters. The van der Waals surface area contributed by atoms with E-state index >= 15 is 0 Å². The topological polar surface area (TPSA) is 43.3 Å². The Morgan fingerprint density at radius 3 is 2.61 bits per heavy atom. The number of benzene rings is 1. The third-order valence-corrected chi connectivity index (χ3v) is 3.28. The minimum atomic E-state index is 0.742. The van der Waals surface area contributed by atoms with Crippen LogP contribution in [-0.4, -0.2) is 9.38 Å². The summed E-state index contributed by atoms with van der Waals surface area (Å²) in [5, 5.41) is 0. The van der Waals surface area contributed by atoms with Gasteiger partial charge in [-0.3, -0.25) is 0 Å². The summed E-state index contributed by atoms with van der Waals surface area (Å²) in [5.74, 6) is 0. The Morgan fingerprint density at radius 1 is 1.00 bits per heavy atom. The van der Waals surface area contributed by atoms with E-state index in [1.165, 1.54) is 11.1 Å². The molecule has 0 aliphatic carbocycles. The minimum Gasteiger partial charge on any atom is -0.398 e. The number of nitrogens with two attached hydrogens (primary N) is 1. The van der Waals surface area contributed by atoms with E-state index in [2.05, 4.69) is 37.0 Å². The van der Waals surface area contributed by atoms with Gasteiger partial charge < -0.3 is 10.1 Å². The third-order valence-electron chi connectivity index (χ3n) is 3.28. The molecular weight excluding hydrogens is 222 g/mol. The van der Waals surface area contributed by atoms with Gasteiger partial charge in [-0.25, -0.2) is 4.98 Å². The highest BCUT2D eigenvalue weighted by molar-refractivity contribution is 5.64. The van der Waals surface area contributed by atoms with Crippen molar-refractivity contribution in [1.82, 2.24) is 9.38 Å². The molecule has 18 heavy (non-hydrogen) atoms. The number of nitrogen functional groups attached to an aromatic ring is 1. The van der Waals surface area contributed by atoms with Gasteiger partial charge in [0.1, 0.15) is 5.65 Å². The maximum absolute atomic E-state index is 5.77. The van der Waals surface area contributed by atoms with Crippen LogP contribution in [0.5, 0.6) is 0 Å². The monoisotopic (exact) mass is 237 g/mol. The van der Waals surface area contributed by atoms with Crippen LogP contribution in [0.4, 0.5) is 5.69 Å². The summed E-state index contributed by atoms with van der Waals surface area (Å²) in [7, 11) is 0. The Labute approximate surface area is 106 Å². The van der Waals surface area contributed by atoms with Crippen molar-refractivity contribution >= 4 is 11.3 Å². The Hall–Kier alpha value is -2.29. The highest BCUT2D eigenvalue weighted by Crippen LogP contribution is 2.22. The molecule has 2 aromatic heterocycles. The number of rotatable bonds is 1. The molecule has 0 saturated carbocycles.